The molecule has 1 saturated heterocycles. The lowest BCUT2D eigenvalue weighted by Gasteiger charge is -2.32. The van der Waals surface area contributed by atoms with Gasteiger partial charge in [-0.25, -0.2) is 0 Å². The molecule has 1 atom stereocenters. The van der Waals surface area contributed by atoms with Gasteiger partial charge < -0.3 is 4.74 Å². The quantitative estimate of drug-likeness (QED) is 0.581. The van der Waals surface area contributed by atoms with Crippen molar-refractivity contribution < 1.29 is 9.53 Å². The van der Waals surface area contributed by atoms with Gasteiger partial charge in [-0.2, -0.15) is 0 Å². The van der Waals surface area contributed by atoms with E-state index in [2.05, 4.69) is 16.6 Å². The fourth-order valence-corrected chi connectivity index (χ4v) is 1.62. The highest BCUT2D eigenvalue weighted by Gasteiger charge is 2.20. The Morgan fingerprint density at radius 1 is 1.58 bits per heavy atom. The molecule has 0 spiro atoms. The Kier molecular flexibility index (Phi) is 3.53. The van der Waals surface area contributed by atoms with E-state index in [1.54, 1.807) is 0 Å². The topological polar surface area (TPSA) is 29.5 Å². The van der Waals surface area contributed by atoms with Crippen molar-refractivity contribution in [2.24, 2.45) is 0 Å². The molecular weight excluding hydrogens is 154 g/mol. The van der Waals surface area contributed by atoms with Crippen molar-refractivity contribution in [3.63, 3.8) is 0 Å². The maximum Gasteiger partial charge on any atom is 0.319 e. The summed E-state index contributed by atoms with van der Waals surface area (Å²) in [4.78, 5) is 13.2. The standard InChI is InChI=1S/C9H17NO2/c1-8-5-3-4-6-10(8)7-9(11)12-2/h8H,3-7H2,1-2H3/t8-/m0/s1. The Morgan fingerprint density at radius 3 is 2.92 bits per heavy atom. The number of piperidine rings is 1. The maximum absolute atomic E-state index is 11.0. The number of hydrogen-bond donors (Lipinski definition) is 0. The highest BCUT2D eigenvalue weighted by Crippen LogP contribution is 2.15. The number of likely N-dealkylation sites (tertiary alicyclic amines) is 1. The molecule has 1 heterocycles. The first-order valence-corrected chi connectivity index (χ1v) is 4.55. The number of esters is 1. The van der Waals surface area contributed by atoms with Crippen LogP contribution in [0.25, 0.3) is 0 Å². The Balaban J connectivity index is 2.33. The van der Waals surface area contributed by atoms with E-state index in [9.17, 15) is 4.79 Å². The molecule has 12 heavy (non-hydrogen) atoms. The van der Waals surface area contributed by atoms with Gasteiger partial charge in [-0.15, -0.1) is 0 Å². The predicted molar refractivity (Wildman–Crippen MR) is 46.9 cm³/mol. The first kappa shape index (κ1) is 9.52. The lowest BCUT2D eigenvalue weighted by Crippen LogP contribution is -2.41. The molecule has 0 radical (unpaired) electrons. The third kappa shape index (κ3) is 2.48. The summed E-state index contributed by atoms with van der Waals surface area (Å²) in [6.45, 7) is 3.66. The van der Waals surface area contributed by atoms with Gasteiger partial charge in [0.05, 0.1) is 13.7 Å². The van der Waals surface area contributed by atoms with Crippen LogP contribution in [0.15, 0.2) is 0 Å². The van der Waals surface area contributed by atoms with Crippen LogP contribution < -0.4 is 0 Å². The molecule has 1 aliphatic heterocycles. The van der Waals surface area contributed by atoms with E-state index in [1.807, 2.05) is 0 Å². The smallest absolute Gasteiger partial charge is 0.319 e. The third-order valence-electron chi connectivity index (χ3n) is 2.50. The number of hydrogen-bond acceptors (Lipinski definition) is 3. The molecule has 3 heteroatoms. The fraction of sp³-hybridized carbons (Fsp3) is 0.889. The molecule has 1 fully saturated rings. The monoisotopic (exact) mass is 171 g/mol. The zero-order chi connectivity index (χ0) is 8.97. The van der Waals surface area contributed by atoms with Gasteiger partial charge >= 0.3 is 5.97 Å². The van der Waals surface area contributed by atoms with E-state index in [-0.39, 0.29) is 5.97 Å². The summed E-state index contributed by atoms with van der Waals surface area (Å²) in [5, 5.41) is 0. The summed E-state index contributed by atoms with van der Waals surface area (Å²) in [5.41, 5.74) is 0. The Labute approximate surface area is 73.7 Å². The van der Waals surface area contributed by atoms with Gasteiger partial charge in [-0.05, 0) is 26.3 Å². The van der Waals surface area contributed by atoms with Gasteiger partial charge in [0.25, 0.3) is 0 Å². The van der Waals surface area contributed by atoms with Crippen LogP contribution >= 0.6 is 0 Å². The van der Waals surface area contributed by atoms with Crippen molar-refractivity contribution in [3.8, 4) is 0 Å². The summed E-state index contributed by atoms with van der Waals surface area (Å²) in [6, 6.07) is 0.540. The second-order valence-electron chi connectivity index (χ2n) is 3.39. The lowest BCUT2D eigenvalue weighted by atomic mass is 10.0. The maximum atomic E-state index is 11.0. The lowest BCUT2D eigenvalue weighted by molar-refractivity contribution is -0.142. The zero-order valence-electron chi connectivity index (χ0n) is 7.88. The van der Waals surface area contributed by atoms with Gasteiger partial charge in [0.2, 0.25) is 0 Å². The summed E-state index contributed by atoms with van der Waals surface area (Å²) in [7, 11) is 1.44. The number of rotatable bonds is 2. The average molecular weight is 171 g/mol. The summed E-state index contributed by atoms with van der Waals surface area (Å²) in [5.74, 6) is -0.122. The van der Waals surface area contributed by atoms with Gasteiger partial charge in [0.15, 0.2) is 0 Å². The summed E-state index contributed by atoms with van der Waals surface area (Å²) >= 11 is 0. The van der Waals surface area contributed by atoms with E-state index < -0.39 is 0 Å². The van der Waals surface area contributed by atoms with Crippen LogP contribution in [0.4, 0.5) is 0 Å². The highest BCUT2D eigenvalue weighted by atomic mass is 16.5. The minimum Gasteiger partial charge on any atom is -0.468 e. The summed E-state index contributed by atoms with van der Waals surface area (Å²) in [6.07, 6.45) is 3.71. The normalized spacial score (nSPS) is 25.3. The van der Waals surface area contributed by atoms with E-state index in [0.717, 1.165) is 6.54 Å². The molecule has 1 rings (SSSR count). The Hall–Kier alpha value is -0.570. The fourth-order valence-electron chi connectivity index (χ4n) is 1.62. The van der Waals surface area contributed by atoms with Gasteiger partial charge in [0.1, 0.15) is 0 Å². The molecule has 0 aromatic carbocycles. The highest BCUT2D eigenvalue weighted by molar-refractivity contribution is 5.71. The number of methoxy groups -OCH3 is 1. The SMILES string of the molecule is COC(=O)CN1CCCC[C@@H]1C. The average Bonchev–Trinajstić information content (AvgIpc) is 2.09. The molecule has 0 N–H and O–H groups in total. The predicted octanol–water partition coefficient (Wildman–Crippen LogP) is 1.03. The van der Waals surface area contributed by atoms with Gasteiger partial charge in [-0.1, -0.05) is 6.42 Å². The first-order chi connectivity index (χ1) is 5.74. The Morgan fingerprint density at radius 2 is 2.33 bits per heavy atom. The van der Waals surface area contributed by atoms with Crippen molar-refractivity contribution >= 4 is 5.97 Å². The second kappa shape index (κ2) is 4.45. The molecule has 0 unspecified atom stereocenters. The van der Waals surface area contributed by atoms with Crippen molar-refractivity contribution in [2.45, 2.75) is 32.2 Å². The molecule has 3 nitrogen and oxygen atoms in total. The number of carbonyl (C=O) groups excluding carboxylic acids is 1. The van der Waals surface area contributed by atoms with E-state index in [4.69, 9.17) is 0 Å². The van der Waals surface area contributed by atoms with Crippen LogP contribution in [0.1, 0.15) is 26.2 Å². The zero-order valence-corrected chi connectivity index (χ0v) is 7.88. The minimum atomic E-state index is -0.122. The van der Waals surface area contributed by atoms with Crippen molar-refractivity contribution in [1.29, 1.82) is 0 Å². The molecule has 0 aromatic heterocycles. The van der Waals surface area contributed by atoms with E-state index in [0.29, 0.717) is 12.6 Å². The first-order valence-electron chi connectivity index (χ1n) is 4.55. The molecule has 70 valence electrons. The number of ether oxygens (including phenoxy) is 1. The molecular formula is C9H17NO2. The van der Waals surface area contributed by atoms with Crippen LogP contribution in [0.2, 0.25) is 0 Å². The van der Waals surface area contributed by atoms with Crippen LogP contribution in [0, 0.1) is 0 Å². The minimum absolute atomic E-state index is 0.122. The van der Waals surface area contributed by atoms with Crippen molar-refractivity contribution in [2.75, 3.05) is 20.2 Å². The molecule has 0 aliphatic carbocycles. The Bertz CT molecular complexity index is 159. The second-order valence-corrected chi connectivity index (χ2v) is 3.39. The van der Waals surface area contributed by atoms with Crippen LogP contribution in [0.3, 0.4) is 0 Å². The molecule has 0 bridgehead atoms. The molecule has 0 saturated carbocycles. The summed E-state index contributed by atoms with van der Waals surface area (Å²) < 4.78 is 4.62. The largest absolute Gasteiger partial charge is 0.468 e. The number of nitrogens with zero attached hydrogens (tertiary/aromatic N) is 1. The van der Waals surface area contributed by atoms with E-state index in [1.165, 1.54) is 26.4 Å². The van der Waals surface area contributed by atoms with Crippen LogP contribution in [-0.4, -0.2) is 37.1 Å². The molecule has 0 aromatic rings. The van der Waals surface area contributed by atoms with Crippen molar-refractivity contribution in [1.82, 2.24) is 4.90 Å². The van der Waals surface area contributed by atoms with Gasteiger partial charge in [0, 0.05) is 6.04 Å². The molecule has 0 amide bonds. The molecule has 1 aliphatic rings. The van der Waals surface area contributed by atoms with Crippen LogP contribution in [0.5, 0.6) is 0 Å². The third-order valence-corrected chi connectivity index (χ3v) is 2.50. The number of carbonyl (C=O) groups is 1. The van der Waals surface area contributed by atoms with Gasteiger partial charge in [-0.3, -0.25) is 9.69 Å². The van der Waals surface area contributed by atoms with Crippen LogP contribution in [-0.2, 0) is 9.53 Å². The van der Waals surface area contributed by atoms with E-state index >= 15 is 0 Å². The van der Waals surface area contributed by atoms with Crippen molar-refractivity contribution in [3.05, 3.63) is 0 Å².